The van der Waals surface area contributed by atoms with E-state index in [2.05, 4.69) is 62.3 Å². The first-order valence-corrected chi connectivity index (χ1v) is 17.6. The summed E-state index contributed by atoms with van der Waals surface area (Å²) in [6.07, 6.45) is 30.4. The Morgan fingerprint density at radius 2 is 0.486 bits per heavy atom. The summed E-state index contributed by atoms with van der Waals surface area (Å²) in [5.41, 5.74) is 0. The van der Waals surface area contributed by atoms with Crippen molar-refractivity contribution in [3.63, 3.8) is 0 Å². The lowest BCUT2D eigenvalue weighted by Crippen LogP contribution is -2.02. The smallest absolute Gasteiger partial charge is 0.0443 e. The van der Waals surface area contributed by atoms with Crippen LogP contribution in [0.5, 0.6) is 0 Å². The normalized spacial score (nSPS) is 17.0. The van der Waals surface area contributed by atoms with Crippen LogP contribution in [0.15, 0.2) is 0 Å². The second-order valence-corrected chi connectivity index (χ2v) is 14.8. The Hall–Kier alpha value is 0. The molecule has 0 bridgehead atoms. The van der Waals surface area contributed by atoms with E-state index >= 15 is 0 Å². The van der Waals surface area contributed by atoms with Crippen molar-refractivity contribution in [3.05, 3.63) is 0 Å². The summed E-state index contributed by atoms with van der Waals surface area (Å²) in [5, 5.41) is 0. The molecule has 0 aromatic carbocycles. The highest BCUT2D eigenvalue weighted by atomic mass is 14.2. The third kappa shape index (κ3) is 26.0. The van der Waals surface area contributed by atoms with Crippen LogP contribution in [-0.2, 0) is 0 Å². The molecule has 0 nitrogen and oxygen atoms in total. The third-order valence-corrected chi connectivity index (χ3v) is 9.48. The fourth-order valence-electron chi connectivity index (χ4n) is 6.48. The molecule has 0 aromatic heterocycles. The highest BCUT2D eigenvalue weighted by molar-refractivity contribution is 4.63. The lowest BCUT2D eigenvalue weighted by Gasteiger charge is -2.17. The zero-order chi connectivity index (χ0) is 27.9. The molecule has 0 aromatic rings. The van der Waals surface area contributed by atoms with E-state index in [0.29, 0.717) is 0 Å². The van der Waals surface area contributed by atoms with Gasteiger partial charge < -0.3 is 0 Å². The number of rotatable bonds is 27. The standard InChI is InChI=1S/C37H76/c1-10-18-32(4)23-14-26-36(8)28-15-24-33(5)20-11-12-21-34(6)25-16-29-37(9)30-17-27-35(7)22-13-19-31(2)3/h31-37H,10-30H2,1-9H3. The van der Waals surface area contributed by atoms with E-state index in [9.17, 15) is 0 Å². The predicted octanol–water partition coefficient (Wildman–Crippen LogP) is 13.7. The average Bonchev–Trinajstić information content (AvgIpc) is 2.82. The van der Waals surface area contributed by atoms with E-state index in [4.69, 9.17) is 0 Å². The van der Waals surface area contributed by atoms with Crippen molar-refractivity contribution in [1.82, 2.24) is 0 Å². The number of hydrogen-bond acceptors (Lipinski definition) is 0. The quantitative estimate of drug-likeness (QED) is 0.0944. The SMILES string of the molecule is CCCC(C)CCCC(C)CCCC(C)CCCCC(C)CCCC(C)CCCC(C)CCCC(C)C. The van der Waals surface area contributed by atoms with Crippen LogP contribution in [0.25, 0.3) is 0 Å². The van der Waals surface area contributed by atoms with Gasteiger partial charge in [0.15, 0.2) is 0 Å². The molecule has 0 aliphatic rings. The van der Waals surface area contributed by atoms with E-state index < -0.39 is 0 Å². The molecule has 0 N–H and O–H groups in total. The van der Waals surface area contributed by atoms with Crippen molar-refractivity contribution in [2.24, 2.45) is 41.4 Å². The number of unbranched alkanes of at least 4 members (excludes halogenated alkanes) is 1. The summed E-state index contributed by atoms with van der Waals surface area (Å²) in [7, 11) is 0. The second-order valence-electron chi connectivity index (χ2n) is 14.8. The lowest BCUT2D eigenvalue weighted by molar-refractivity contribution is 0.362. The molecule has 0 radical (unpaired) electrons. The molecule has 0 fully saturated rings. The molecule has 0 heterocycles. The van der Waals surface area contributed by atoms with Crippen molar-refractivity contribution in [2.75, 3.05) is 0 Å². The third-order valence-electron chi connectivity index (χ3n) is 9.48. The molecule has 224 valence electrons. The molecule has 0 saturated heterocycles. The summed E-state index contributed by atoms with van der Waals surface area (Å²) in [4.78, 5) is 0. The molecule has 0 spiro atoms. The lowest BCUT2D eigenvalue weighted by atomic mass is 9.89. The van der Waals surface area contributed by atoms with Gasteiger partial charge in [0.25, 0.3) is 0 Å². The molecule has 0 heteroatoms. The fraction of sp³-hybridized carbons (Fsp3) is 1.00. The van der Waals surface area contributed by atoms with Crippen LogP contribution in [0.2, 0.25) is 0 Å². The maximum absolute atomic E-state index is 2.51. The first kappa shape index (κ1) is 37.0. The molecule has 6 unspecified atom stereocenters. The topological polar surface area (TPSA) is 0 Å². The highest BCUT2D eigenvalue weighted by Crippen LogP contribution is 2.25. The summed E-state index contributed by atoms with van der Waals surface area (Å²) in [6.45, 7) is 22.0. The molecule has 0 aliphatic carbocycles. The van der Waals surface area contributed by atoms with Crippen LogP contribution >= 0.6 is 0 Å². The monoisotopic (exact) mass is 521 g/mol. The van der Waals surface area contributed by atoms with Crippen molar-refractivity contribution in [2.45, 2.75) is 197 Å². The second kappa shape index (κ2) is 25.0. The number of hydrogen-bond donors (Lipinski definition) is 0. The minimum atomic E-state index is 0.876. The molecule has 0 rings (SSSR count). The summed E-state index contributed by atoms with van der Waals surface area (Å²) in [5.74, 6) is 6.50. The predicted molar refractivity (Wildman–Crippen MR) is 172 cm³/mol. The van der Waals surface area contributed by atoms with Gasteiger partial charge in [0.1, 0.15) is 0 Å². The fourth-order valence-corrected chi connectivity index (χ4v) is 6.48. The van der Waals surface area contributed by atoms with E-state index in [1.165, 1.54) is 135 Å². The van der Waals surface area contributed by atoms with Crippen LogP contribution in [-0.4, -0.2) is 0 Å². The van der Waals surface area contributed by atoms with Crippen molar-refractivity contribution < 1.29 is 0 Å². The van der Waals surface area contributed by atoms with Gasteiger partial charge in [-0.25, -0.2) is 0 Å². The molecule has 6 atom stereocenters. The maximum Gasteiger partial charge on any atom is -0.0443 e. The van der Waals surface area contributed by atoms with Gasteiger partial charge in [-0.2, -0.15) is 0 Å². The van der Waals surface area contributed by atoms with E-state index in [-0.39, 0.29) is 0 Å². The van der Waals surface area contributed by atoms with Gasteiger partial charge in [0, 0.05) is 0 Å². The summed E-state index contributed by atoms with van der Waals surface area (Å²) >= 11 is 0. The van der Waals surface area contributed by atoms with Crippen molar-refractivity contribution in [3.8, 4) is 0 Å². The van der Waals surface area contributed by atoms with Gasteiger partial charge >= 0.3 is 0 Å². The van der Waals surface area contributed by atoms with Gasteiger partial charge in [-0.05, 0) is 41.4 Å². The zero-order valence-electron chi connectivity index (χ0n) is 27.9. The molecule has 0 saturated carbocycles. The van der Waals surface area contributed by atoms with Gasteiger partial charge in [0.2, 0.25) is 0 Å². The van der Waals surface area contributed by atoms with Crippen LogP contribution in [0.4, 0.5) is 0 Å². The van der Waals surface area contributed by atoms with E-state index in [1.54, 1.807) is 0 Å². The largest absolute Gasteiger partial charge is 0.0654 e. The van der Waals surface area contributed by atoms with Crippen molar-refractivity contribution in [1.29, 1.82) is 0 Å². The van der Waals surface area contributed by atoms with Gasteiger partial charge in [-0.1, -0.05) is 197 Å². The van der Waals surface area contributed by atoms with Gasteiger partial charge in [-0.3, -0.25) is 0 Å². The average molecular weight is 521 g/mol. The van der Waals surface area contributed by atoms with Gasteiger partial charge in [0.05, 0.1) is 0 Å². The minimum Gasteiger partial charge on any atom is -0.0654 e. The van der Waals surface area contributed by atoms with E-state index in [0.717, 1.165) is 41.4 Å². The molecular formula is C37H76. The van der Waals surface area contributed by atoms with Gasteiger partial charge in [-0.15, -0.1) is 0 Å². The van der Waals surface area contributed by atoms with Crippen LogP contribution in [0.3, 0.4) is 0 Å². The molecular weight excluding hydrogens is 444 g/mol. The highest BCUT2D eigenvalue weighted by Gasteiger charge is 2.10. The Morgan fingerprint density at radius 3 is 0.730 bits per heavy atom. The molecule has 37 heavy (non-hydrogen) atoms. The Balaban J connectivity index is 3.61. The zero-order valence-corrected chi connectivity index (χ0v) is 27.9. The Bertz CT molecular complexity index is 451. The Kier molecular flexibility index (Phi) is 25.0. The maximum atomic E-state index is 2.51. The first-order valence-electron chi connectivity index (χ1n) is 17.6. The van der Waals surface area contributed by atoms with E-state index in [1.807, 2.05) is 0 Å². The Labute approximate surface area is 238 Å². The van der Waals surface area contributed by atoms with Crippen molar-refractivity contribution >= 4 is 0 Å². The van der Waals surface area contributed by atoms with Crippen LogP contribution in [0.1, 0.15) is 197 Å². The molecule has 0 aliphatic heterocycles. The van der Waals surface area contributed by atoms with Crippen LogP contribution < -0.4 is 0 Å². The molecule has 0 amide bonds. The Morgan fingerprint density at radius 1 is 0.270 bits per heavy atom. The van der Waals surface area contributed by atoms with Crippen LogP contribution in [0, 0.1) is 41.4 Å². The summed E-state index contributed by atoms with van der Waals surface area (Å²) < 4.78 is 0. The minimum absolute atomic E-state index is 0.876. The first-order chi connectivity index (χ1) is 17.6. The summed E-state index contributed by atoms with van der Waals surface area (Å²) in [6, 6.07) is 0.